The molecule has 0 amide bonds. The zero-order valence-corrected chi connectivity index (χ0v) is 20.1. The summed E-state index contributed by atoms with van der Waals surface area (Å²) >= 11 is 6.61. The van der Waals surface area contributed by atoms with E-state index >= 15 is 0 Å². The van der Waals surface area contributed by atoms with Gasteiger partial charge in [-0.3, -0.25) is 4.90 Å². The standard InChI is InChI=1S/C27H31ClN2O4/c28-24-12-27-26(32-17-33-27)10-18(24)13-30-15-19(14-29-9-3-4-20(29)16-31)23-11-22(7-8-25(23)30)34-21-5-1-2-6-21/h7-8,10-12,15,20-21,31H,1-6,9,13-14,16-17H2/t20-/m0/s1. The average molecular weight is 483 g/mol. The fourth-order valence-electron chi connectivity index (χ4n) is 5.67. The van der Waals surface area contributed by atoms with Crippen molar-refractivity contribution in [3.8, 4) is 17.2 Å². The second kappa shape index (κ2) is 9.33. The maximum Gasteiger partial charge on any atom is 0.231 e. The SMILES string of the molecule is OC[C@@H]1CCCN1Cc1cn(Cc2cc3c(cc2Cl)OCO3)c2ccc(OC3CCCC3)cc12. The highest BCUT2D eigenvalue weighted by molar-refractivity contribution is 6.31. The number of nitrogens with zero attached hydrogens (tertiary/aromatic N) is 2. The molecule has 3 aliphatic rings. The maximum absolute atomic E-state index is 9.84. The van der Waals surface area contributed by atoms with Crippen LogP contribution in [0.2, 0.25) is 5.02 Å². The third kappa shape index (κ3) is 4.23. The van der Waals surface area contributed by atoms with E-state index in [4.69, 9.17) is 25.8 Å². The number of ether oxygens (including phenoxy) is 3. The molecule has 2 aliphatic heterocycles. The number of aromatic nitrogens is 1. The molecule has 1 N–H and O–H groups in total. The summed E-state index contributed by atoms with van der Waals surface area (Å²) in [5.41, 5.74) is 3.40. The van der Waals surface area contributed by atoms with Gasteiger partial charge in [0.2, 0.25) is 6.79 Å². The van der Waals surface area contributed by atoms with Crippen molar-refractivity contribution in [2.45, 2.75) is 63.8 Å². The molecule has 3 heterocycles. The van der Waals surface area contributed by atoms with Crippen LogP contribution in [0.15, 0.2) is 36.5 Å². The Morgan fingerprint density at radius 2 is 1.79 bits per heavy atom. The Kier molecular flexibility index (Phi) is 6.06. The average Bonchev–Trinajstić information content (AvgIpc) is 3.63. The van der Waals surface area contributed by atoms with Gasteiger partial charge in [0.05, 0.1) is 12.7 Å². The number of fused-ring (bicyclic) bond motifs is 2. The van der Waals surface area contributed by atoms with E-state index in [9.17, 15) is 5.11 Å². The van der Waals surface area contributed by atoms with Crippen LogP contribution in [0, 0.1) is 0 Å². The van der Waals surface area contributed by atoms with Crippen LogP contribution in [0.3, 0.4) is 0 Å². The fourth-order valence-corrected chi connectivity index (χ4v) is 5.89. The van der Waals surface area contributed by atoms with Crippen molar-refractivity contribution in [3.05, 3.63) is 52.7 Å². The maximum atomic E-state index is 9.84. The highest BCUT2D eigenvalue weighted by atomic mass is 35.5. The second-order valence-corrected chi connectivity index (χ2v) is 10.1. The Hall–Kier alpha value is -2.41. The lowest BCUT2D eigenvalue weighted by atomic mass is 10.1. The molecule has 0 radical (unpaired) electrons. The highest BCUT2D eigenvalue weighted by Crippen LogP contribution is 2.38. The van der Waals surface area contributed by atoms with E-state index in [1.807, 2.05) is 12.1 Å². The minimum Gasteiger partial charge on any atom is -0.490 e. The van der Waals surface area contributed by atoms with E-state index in [1.165, 1.54) is 23.8 Å². The molecule has 0 unspecified atom stereocenters. The van der Waals surface area contributed by atoms with E-state index in [2.05, 4.69) is 33.9 Å². The van der Waals surface area contributed by atoms with Crippen LogP contribution in [-0.2, 0) is 13.1 Å². The van der Waals surface area contributed by atoms with E-state index in [0.29, 0.717) is 23.4 Å². The van der Waals surface area contributed by atoms with Gasteiger partial charge in [0.25, 0.3) is 0 Å². The molecule has 0 spiro atoms. The Morgan fingerprint density at radius 3 is 2.62 bits per heavy atom. The van der Waals surface area contributed by atoms with Gasteiger partial charge in [-0.1, -0.05) is 11.6 Å². The Morgan fingerprint density at radius 1 is 0.971 bits per heavy atom. The summed E-state index contributed by atoms with van der Waals surface area (Å²) in [5.74, 6) is 2.38. The quantitative estimate of drug-likeness (QED) is 0.492. The summed E-state index contributed by atoms with van der Waals surface area (Å²) in [5, 5.41) is 11.7. The molecule has 1 aromatic heterocycles. The number of aliphatic hydroxyl groups excluding tert-OH is 1. The number of halogens is 1. The van der Waals surface area contributed by atoms with Crippen LogP contribution in [-0.4, -0.2) is 46.7 Å². The van der Waals surface area contributed by atoms with Crippen LogP contribution >= 0.6 is 11.6 Å². The predicted molar refractivity (Wildman–Crippen MR) is 132 cm³/mol. The Bertz CT molecular complexity index is 1190. The van der Waals surface area contributed by atoms with E-state index in [1.54, 1.807) is 0 Å². The van der Waals surface area contributed by atoms with E-state index in [0.717, 1.165) is 61.4 Å². The monoisotopic (exact) mass is 482 g/mol. The topological polar surface area (TPSA) is 56.1 Å². The third-order valence-electron chi connectivity index (χ3n) is 7.51. The molecular formula is C27H31ClN2O4. The van der Waals surface area contributed by atoms with Gasteiger partial charge in [0.1, 0.15) is 5.75 Å². The summed E-state index contributed by atoms with van der Waals surface area (Å²) in [6.45, 7) is 2.91. The van der Waals surface area contributed by atoms with Crippen molar-refractivity contribution in [1.82, 2.24) is 9.47 Å². The second-order valence-electron chi connectivity index (χ2n) is 9.73. The number of rotatable bonds is 7. The van der Waals surface area contributed by atoms with Gasteiger partial charge in [0.15, 0.2) is 11.5 Å². The Balaban J connectivity index is 1.35. The lowest BCUT2D eigenvalue weighted by molar-refractivity contribution is 0.154. The molecule has 6 rings (SSSR count). The van der Waals surface area contributed by atoms with Crippen molar-refractivity contribution >= 4 is 22.5 Å². The largest absolute Gasteiger partial charge is 0.490 e. The third-order valence-corrected chi connectivity index (χ3v) is 7.86. The van der Waals surface area contributed by atoms with Gasteiger partial charge < -0.3 is 23.9 Å². The van der Waals surface area contributed by atoms with Crippen LogP contribution in [0.1, 0.15) is 49.7 Å². The molecule has 2 fully saturated rings. The van der Waals surface area contributed by atoms with Crippen LogP contribution in [0.4, 0.5) is 0 Å². The first-order valence-corrected chi connectivity index (χ1v) is 12.8. The molecule has 34 heavy (non-hydrogen) atoms. The summed E-state index contributed by atoms with van der Waals surface area (Å²) < 4.78 is 19.6. The molecule has 3 aromatic rings. The van der Waals surface area contributed by atoms with Gasteiger partial charge in [-0.25, -0.2) is 0 Å². The zero-order chi connectivity index (χ0) is 23.1. The van der Waals surface area contributed by atoms with E-state index < -0.39 is 0 Å². The zero-order valence-electron chi connectivity index (χ0n) is 19.3. The molecule has 7 heteroatoms. The smallest absolute Gasteiger partial charge is 0.231 e. The van der Waals surface area contributed by atoms with Gasteiger partial charge in [-0.2, -0.15) is 0 Å². The summed E-state index contributed by atoms with van der Waals surface area (Å²) in [7, 11) is 0. The molecule has 6 nitrogen and oxygen atoms in total. The molecule has 1 saturated carbocycles. The minimum atomic E-state index is 0.210. The first kappa shape index (κ1) is 22.1. The van der Waals surface area contributed by atoms with Crippen LogP contribution < -0.4 is 14.2 Å². The van der Waals surface area contributed by atoms with Crippen molar-refractivity contribution in [2.75, 3.05) is 19.9 Å². The number of aliphatic hydroxyl groups is 1. The van der Waals surface area contributed by atoms with Crippen LogP contribution in [0.5, 0.6) is 17.2 Å². The number of hydrogen-bond donors (Lipinski definition) is 1. The lowest BCUT2D eigenvalue weighted by Crippen LogP contribution is -2.31. The fraction of sp³-hybridized carbons (Fsp3) is 0.481. The summed E-state index contributed by atoms with van der Waals surface area (Å²) in [6.07, 6.45) is 9.53. The van der Waals surface area contributed by atoms with Crippen molar-refractivity contribution in [3.63, 3.8) is 0 Å². The van der Waals surface area contributed by atoms with Crippen molar-refractivity contribution in [1.29, 1.82) is 0 Å². The minimum absolute atomic E-state index is 0.210. The number of hydrogen-bond acceptors (Lipinski definition) is 5. The van der Waals surface area contributed by atoms with E-state index in [-0.39, 0.29) is 19.4 Å². The summed E-state index contributed by atoms with van der Waals surface area (Å²) in [6, 6.07) is 10.5. The number of benzene rings is 2. The first-order chi connectivity index (χ1) is 16.7. The Labute approximate surface area is 205 Å². The molecule has 1 aliphatic carbocycles. The van der Waals surface area contributed by atoms with Gasteiger partial charge in [-0.15, -0.1) is 0 Å². The van der Waals surface area contributed by atoms with Gasteiger partial charge in [-0.05, 0) is 80.5 Å². The molecule has 1 saturated heterocycles. The molecule has 180 valence electrons. The van der Waals surface area contributed by atoms with Crippen LogP contribution in [0.25, 0.3) is 10.9 Å². The highest BCUT2D eigenvalue weighted by Gasteiger charge is 2.26. The van der Waals surface area contributed by atoms with Gasteiger partial charge in [0, 0.05) is 47.3 Å². The number of likely N-dealkylation sites (tertiary alicyclic amines) is 1. The molecule has 1 atom stereocenters. The predicted octanol–water partition coefficient (Wildman–Crippen LogP) is 5.35. The van der Waals surface area contributed by atoms with Crippen molar-refractivity contribution < 1.29 is 19.3 Å². The molecule has 0 bridgehead atoms. The van der Waals surface area contributed by atoms with Crippen molar-refractivity contribution in [2.24, 2.45) is 0 Å². The molecular weight excluding hydrogens is 452 g/mol. The normalized spacial score (nSPS) is 20.6. The first-order valence-electron chi connectivity index (χ1n) is 12.4. The molecule has 2 aromatic carbocycles. The van der Waals surface area contributed by atoms with Gasteiger partial charge >= 0.3 is 0 Å². The summed E-state index contributed by atoms with van der Waals surface area (Å²) in [4.78, 5) is 2.40. The lowest BCUT2D eigenvalue weighted by Gasteiger charge is -2.22.